The molecule has 0 bridgehead atoms. The number of hydrogen-bond donors (Lipinski definition) is 2. The molecule has 19 heavy (non-hydrogen) atoms. The Hall–Kier alpha value is -0.960. The maximum atomic E-state index is 12.0. The number of aromatic nitrogens is 2. The Morgan fingerprint density at radius 2 is 2.42 bits per heavy atom. The van der Waals surface area contributed by atoms with E-state index >= 15 is 0 Å². The third kappa shape index (κ3) is 4.00. The molecule has 1 atom stereocenters. The highest BCUT2D eigenvalue weighted by Crippen LogP contribution is 2.13. The summed E-state index contributed by atoms with van der Waals surface area (Å²) in [6.07, 6.45) is 4.57. The summed E-state index contributed by atoms with van der Waals surface area (Å²) in [6, 6.07) is 0. The first-order valence-corrected chi connectivity index (χ1v) is 7.90. The van der Waals surface area contributed by atoms with E-state index in [1.165, 1.54) is 12.4 Å². The SMILES string of the molecule is NCCCn1cc(S(=O)(=O)NCC2CCOC2)cn1. The van der Waals surface area contributed by atoms with Gasteiger partial charge in [-0.3, -0.25) is 4.68 Å². The quantitative estimate of drug-likeness (QED) is 0.708. The van der Waals surface area contributed by atoms with Gasteiger partial charge in [0, 0.05) is 25.9 Å². The molecule has 1 aliphatic heterocycles. The lowest BCUT2D eigenvalue weighted by Crippen LogP contribution is -2.29. The lowest BCUT2D eigenvalue weighted by atomic mass is 10.1. The number of nitrogens with two attached hydrogens (primary N) is 1. The van der Waals surface area contributed by atoms with E-state index in [-0.39, 0.29) is 10.8 Å². The molecule has 1 aromatic rings. The summed E-state index contributed by atoms with van der Waals surface area (Å²) in [5.74, 6) is 0.266. The van der Waals surface area contributed by atoms with Crippen molar-refractivity contribution in [2.24, 2.45) is 11.7 Å². The van der Waals surface area contributed by atoms with Crippen molar-refractivity contribution in [1.82, 2.24) is 14.5 Å². The van der Waals surface area contributed by atoms with E-state index in [4.69, 9.17) is 10.5 Å². The highest BCUT2D eigenvalue weighted by Gasteiger charge is 2.21. The Morgan fingerprint density at radius 3 is 3.11 bits per heavy atom. The summed E-state index contributed by atoms with van der Waals surface area (Å²) < 4.78 is 33.5. The number of nitrogens with one attached hydrogen (secondary N) is 1. The van der Waals surface area contributed by atoms with Crippen LogP contribution in [0.4, 0.5) is 0 Å². The zero-order chi connectivity index (χ0) is 13.7. The average Bonchev–Trinajstić information content (AvgIpc) is 3.05. The average molecular weight is 288 g/mol. The van der Waals surface area contributed by atoms with E-state index in [9.17, 15) is 8.42 Å². The second-order valence-electron chi connectivity index (χ2n) is 4.66. The molecule has 0 spiro atoms. The minimum Gasteiger partial charge on any atom is -0.381 e. The van der Waals surface area contributed by atoms with Crippen LogP contribution in [0.1, 0.15) is 12.8 Å². The first-order valence-electron chi connectivity index (χ1n) is 6.42. The van der Waals surface area contributed by atoms with Crippen LogP contribution in [0.2, 0.25) is 0 Å². The number of hydrogen-bond acceptors (Lipinski definition) is 5. The molecule has 1 unspecified atom stereocenters. The van der Waals surface area contributed by atoms with Gasteiger partial charge in [0.1, 0.15) is 4.90 Å². The van der Waals surface area contributed by atoms with Gasteiger partial charge in [0.2, 0.25) is 10.0 Å². The Labute approximate surface area is 113 Å². The zero-order valence-electron chi connectivity index (χ0n) is 10.8. The molecule has 7 nitrogen and oxygen atoms in total. The predicted molar refractivity (Wildman–Crippen MR) is 70.0 cm³/mol. The highest BCUT2D eigenvalue weighted by molar-refractivity contribution is 7.89. The molecule has 8 heteroatoms. The van der Waals surface area contributed by atoms with Crippen molar-refractivity contribution in [1.29, 1.82) is 0 Å². The van der Waals surface area contributed by atoms with Gasteiger partial charge in [0.15, 0.2) is 0 Å². The van der Waals surface area contributed by atoms with Crippen molar-refractivity contribution < 1.29 is 13.2 Å². The smallest absolute Gasteiger partial charge is 0.243 e. The van der Waals surface area contributed by atoms with E-state index in [0.29, 0.717) is 32.8 Å². The first-order chi connectivity index (χ1) is 9.12. The minimum absolute atomic E-state index is 0.198. The molecule has 1 aromatic heterocycles. The molecule has 108 valence electrons. The van der Waals surface area contributed by atoms with Crippen molar-refractivity contribution in [2.45, 2.75) is 24.3 Å². The van der Waals surface area contributed by atoms with E-state index in [0.717, 1.165) is 12.8 Å². The van der Waals surface area contributed by atoms with Crippen molar-refractivity contribution in [3.63, 3.8) is 0 Å². The second-order valence-corrected chi connectivity index (χ2v) is 6.43. The van der Waals surface area contributed by atoms with E-state index in [1.807, 2.05) is 0 Å². The van der Waals surface area contributed by atoms with E-state index in [2.05, 4.69) is 9.82 Å². The number of sulfonamides is 1. The van der Waals surface area contributed by atoms with Gasteiger partial charge in [-0.25, -0.2) is 13.1 Å². The monoisotopic (exact) mass is 288 g/mol. The van der Waals surface area contributed by atoms with Gasteiger partial charge in [-0.1, -0.05) is 0 Å². The topological polar surface area (TPSA) is 99.2 Å². The van der Waals surface area contributed by atoms with Crippen LogP contribution in [-0.4, -0.2) is 44.5 Å². The summed E-state index contributed by atoms with van der Waals surface area (Å²) in [6.45, 7) is 2.93. The number of ether oxygens (including phenoxy) is 1. The third-order valence-corrected chi connectivity index (χ3v) is 4.48. The largest absolute Gasteiger partial charge is 0.381 e. The summed E-state index contributed by atoms with van der Waals surface area (Å²) in [5.41, 5.74) is 5.40. The maximum Gasteiger partial charge on any atom is 0.243 e. The molecular weight excluding hydrogens is 268 g/mol. The Kier molecular flexibility index (Phi) is 4.92. The van der Waals surface area contributed by atoms with Gasteiger partial charge in [0.05, 0.1) is 12.8 Å². The molecule has 2 rings (SSSR count). The van der Waals surface area contributed by atoms with E-state index in [1.54, 1.807) is 4.68 Å². The highest BCUT2D eigenvalue weighted by atomic mass is 32.2. The molecule has 2 heterocycles. The van der Waals surface area contributed by atoms with Crippen molar-refractivity contribution in [3.05, 3.63) is 12.4 Å². The first kappa shape index (κ1) is 14.4. The van der Waals surface area contributed by atoms with Crippen LogP contribution < -0.4 is 10.5 Å². The van der Waals surface area contributed by atoms with Crippen LogP contribution in [0.15, 0.2) is 17.3 Å². The fourth-order valence-electron chi connectivity index (χ4n) is 1.91. The molecule has 1 aliphatic rings. The minimum atomic E-state index is -3.47. The molecule has 0 aromatic carbocycles. The van der Waals surface area contributed by atoms with Crippen molar-refractivity contribution in [3.8, 4) is 0 Å². The predicted octanol–water partition coefficient (Wildman–Crippen LogP) is -0.453. The van der Waals surface area contributed by atoms with Gasteiger partial charge < -0.3 is 10.5 Å². The maximum absolute atomic E-state index is 12.0. The lowest BCUT2D eigenvalue weighted by Gasteiger charge is -2.08. The van der Waals surface area contributed by atoms with Crippen LogP contribution in [0.3, 0.4) is 0 Å². The lowest BCUT2D eigenvalue weighted by molar-refractivity contribution is 0.186. The van der Waals surface area contributed by atoms with Crippen molar-refractivity contribution in [2.75, 3.05) is 26.3 Å². The van der Waals surface area contributed by atoms with Crippen LogP contribution in [0.25, 0.3) is 0 Å². The molecule has 0 saturated carbocycles. The standard InChI is InChI=1S/C11H20N4O3S/c12-3-1-4-15-8-11(7-13-15)19(16,17)14-6-10-2-5-18-9-10/h7-8,10,14H,1-6,9,12H2. The number of nitrogens with zero attached hydrogens (tertiary/aromatic N) is 2. The van der Waals surface area contributed by atoms with Gasteiger partial charge in [-0.05, 0) is 25.3 Å². The molecule has 0 radical (unpaired) electrons. The summed E-state index contributed by atoms with van der Waals surface area (Å²) in [5, 5.41) is 4.02. The second kappa shape index (κ2) is 6.47. The van der Waals surface area contributed by atoms with Crippen LogP contribution >= 0.6 is 0 Å². The van der Waals surface area contributed by atoms with Gasteiger partial charge in [-0.15, -0.1) is 0 Å². The molecule has 1 saturated heterocycles. The summed E-state index contributed by atoms with van der Waals surface area (Å²) in [4.78, 5) is 0.198. The fraction of sp³-hybridized carbons (Fsp3) is 0.727. The third-order valence-electron chi connectivity index (χ3n) is 3.10. The Morgan fingerprint density at radius 1 is 1.58 bits per heavy atom. The normalized spacial score (nSPS) is 19.9. The summed E-state index contributed by atoms with van der Waals surface area (Å²) in [7, 11) is -3.47. The van der Waals surface area contributed by atoms with Gasteiger partial charge in [-0.2, -0.15) is 5.10 Å². The van der Waals surface area contributed by atoms with E-state index < -0.39 is 10.0 Å². The van der Waals surface area contributed by atoms with Crippen LogP contribution in [0.5, 0.6) is 0 Å². The zero-order valence-corrected chi connectivity index (χ0v) is 11.6. The Balaban J connectivity index is 1.92. The fourth-order valence-corrected chi connectivity index (χ4v) is 2.98. The molecule has 1 fully saturated rings. The number of rotatable bonds is 7. The van der Waals surface area contributed by atoms with Crippen LogP contribution in [0, 0.1) is 5.92 Å². The van der Waals surface area contributed by atoms with Crippen LogP contribution in [-0.2, 0) is 21.3 Å². The van der Waals surface area contributed by atoms with Gasteiger partial charge >= 0.3 is 0 Å². The molecule has 0 aliphatic carbocycles. The molecule has 3 N–H and O–H groups in total. The Bertz CT molecular complexity index is 494. The molecular formula is C11H20N4O3S. The van der Waals surface area contributed by atoms with Gasteiger partial charge in [0.25, 0.3) is 0 Å². The summed E-state index contributed by atoms with van der Waals surface area (Å²) >= 11 is 0. The molecule has 0 amide bonds. The van der Waals surface area contributed by atoms with Crippen molar-refractivity contribution >= 4 is 10.0 Å². The number of aryl methyl sites for hydroxylation is 1.